The summed E-state index contributed by atoms with van der Waals surface area (Å²) in [4.78, 5) is 0. The molecule has 2 rings (SSSR count). The fraction of sp³-hybridized carbons (Fsp3) is 0.400. The van der Waals surface area contributed by atoms with E-state index in [2.05, 4.69) is 77.9 Å². The highest BCUT2D eigenvalue weighted by Crippen LogP contribution is 2.35. The first-order valence-electron chi connectivity index (χ1n) is 7.52. The van der Waals surface area contributed by atoms with Crippen LogP contribution in [0.25, 0.3) is 0 Å². The summed E-state index contributed by atoms with van der Waals surface area (Å²) in [6.45, 7) is 13.1. The number of rotatable bonds is 2. The van der Waals surface area contributed by atoms with Crippen LogP contribution in [0.4, 0.5) is 0 Å². The molecule has 0 aliphatic rings. The quantitative estimate of drug-likeness (QED) is 0.576. The number of hydrogen-bond acceptors (Lipinski definition) is 0. The highest BCUT2D eigenvalue weighted by atomic mass is 35.5. The zero-order valence-electron chi connectivity index (χ0n) is 13.9. The molecular weight excluding hydrogens is 276 g/mol. The Kier molecular flexibility index (Phi) is 4.49. The maximum absolute atomic E-state index is 6.76. The van der Waals surface area contributed by atoms with Crippen LogP contribution in [0, 0.1) is 20.8 Å². The molecular formula is C20H25Cl. The molecule has 0 amide bonds. The standard InChI is InChI=1S/C20H25Cl/c1-13-11-14(2)18(15(3)12-13)19(21)16-7-9-17(10-8-16)20(4,5)6/h7-12,19H,1-6H3. The minimum atomic E-state index is -0.0837. The summed E-state index contributed by atoms with van der Waals surface area (Å²) >= 11 is 6.76. The van der Waals surface area contributed by atoms with Crippen molar-refractivity contribution in [1.82, 2.24) is 0 Å². The normalized spacial score (nSPS) is 13.3. The van der Waals surface area contributed by atoms with Crippen molar-refractivity contribution in [3.8, 4) is 0 Å². The topological polar surface area (TPSA) is 0 Å². The molecule has 0 nitrogen and oxygen atoms in total. The third-order valence-corrected chi connectivity index (χ3v) is 4.53. The third-order valence-electron chi connectivity index (χ3n) is 4.06. The first-order chi connectivity index (χ1) is 9.70. The van der Waals surface area contributed by atoms with Crippen molar-refractivity contribution >= 4 is 11.6 Å². The van der Waals surface area contributed by atoms with Crippen LogP contribution in [-0.4, -0.2) is 0 Å². The Balaban J connectivity index is 2.39. The van der Waals surface area contributed by atoms with Gasteiger partial charge >= 0.3 is 0 Å². The summed E-state index contributed by atoms with van der Waals surface area (Å²) in [5.41, 5.74) is 7.76. The van der Waals surface area contributed by atoms with Gasteiger partial charge in [0, 0.05) is 0 Å². The second-order valence-corrected chi connectivity index (χ2v) is 7.48. The lowest BCUT2D eigenvalue weighted by Crippen LogP contribution is -2.11. The van der Waals surface area contributed by atoms with E-state index in [1.54, 1.807) is 0 Å². The van der Waals surface area contributed by atoms with Gasteiger partial charge in [0.1, 0.15) is 0 Å². The fourth-order valence-electron chi connectivity index (χ4n) is 2.91. The van der Waals surface area contributed by atoms with Crippen LogP contribution < -0.4 is 0 Å². The summed E-state index contributed by atoms with van der Waals surface area (Å²) in [6, 6.07) is 13.1. The first-order valence-corrected chi connectivity index (χ1v) is 7.96. The minimum absolute atomic E-state index is 0.0837. The van der Waals surface area contributed by atoms with Crippen molar-refractivity contribution in [3.05, 3.63) is 69.8 Å². The van der Waals surface area contributed by atoms with Gasteiger partial charge in [0.2, 0.25) is 0 Å². The minimum Gasteiger partial charge on any atom is -0.113 e. The lowest BCUT2D eigenvalue weighted by atomic mass is 9.86. The van der Waals surface area contributed by atoms with E-state index < -0.39 is 0 Å². The van der Waals surface area contributed by atoms with E-state index in [0.29, 0.717) is 0 Å². The van der Waals surface area contributed by atoms with E-state index in [9.17, 15) is 0 Å². The van der Waals surface area contributed by atoms with Gasteiger partial charge in [0.25, 0.3) is 0 Å². The number of alkyl halides is 1. The summed E-state index contributed by atoms with van der Waals surface area (Å²) in [5, 5.41) is -0.0837. The molecule has 0 aromatic heterocycles. The second kappa shape index (κ2) is 5.85. The van der Waals surface area contributed by atoms with E-state index in [-0.39, 0.29) is 10.8 Å². The van der Waals surface area contributed by atoms with E-state index in [1.165, 1.54) is 33.4 Å². The van der Waals surface area contributed by atoms with Crippen LogP contribution in [-0.2, 0) is 5.41 Å². The Labute approximate surface area is 134 Å². The van der Waals surface area contributed by atoms with Gasteiger partial charge in [-0.2, -0.15) is 0 Å². The zero-order chi connectivity index (χ0) is 15.8. The van der Waals surface area contributed by atoms with E-state index in [4.69, 9.17) is 11.6 Å². The van der Waals surface area contributed by atoms with Gasteiger partial charge in [-0.3, -0.25) is 0 Å². The summed E-state index contributed by atoms with van der Waals surface area (Å²) in [7, 11) is 0. The molecule has 0 aliphatic carbocycles. The summed E-state index contributed by atoms with van der Waals surface area (Å²) in [5.74, 6) is 0. The van der Waals surface area contributed by atoms with Gasteiger partial charge in [0.05, 0.1) is 5.38 Å². The Bertz CT molecular complexity index is 607. The first kappa shape index (κ1) is 16.1. The van der Waals surface area contributed by atoms with Gasteiger partial charge in [-0.15, -0.1) is 11.6 Å². The Morgan fingerprint density at radius 2 is 1.33 bits per heavy atom. The molecule has 1 atom stereocenters. The molecule has 1 unspecified atom stereocenters. The summed E-state index contributed by atoms with van der Waals surface area (Å²) in [6.07, 6.45) is 0. The van der Waals surface area contributed by atoms with Gasteiger partial charge in [-0.1, -0.05) is 62.7 Å². The molecule has 21 heavy (non-hydrogen) atoms. The highest BCUT2D eigenvalue weighted by molar-refractivity contribution is 6.22. The van der Waals surface area contributed by atoms with Crippen molar-refractivity contribution < 1.29 is 0 Å². The molecule has 2 aromatic carbocycles. The molecule has 0 aliphatic heterocycles. The molecule has 0 radical (unpaired) electrons. The molecule has 112 valence electrons. The Hall–Kier alpha value is -1.27. The number of benzene rings is 2. The average Bonchev–Trinajstić information content (AvgIpc) is 2.36. The molecule has 0 bridgehead atoms. The maximum Gasteiger partial charge on any atom is 0.0840 e. The zero-order valence-corrected chi connectivity index (χ0v) is 14.7. The van der Waals surface area contributed by atoms with Gasteiger partial charge in [0.15, 0.2) is 0 Å². The van der Waals surface area contributed by atoms with Crippen LogP contribution >= 0.6 is 11.6 Å². The van der Waals surface area contributed by atoms with Crippen molar-refractivity contribution in [2.24, 2.45) is 0 Å². The monoisotopic (exact) mass is 300 g/mol. The van der Waals surface area contributed by atoms with Crippen molar-refractivity contribution in [1.29, 1.82) is 0 Å². The van der Waals surface area contributed by atoms with Crippen LogP contribution in [0.15, 0.2) is 36.4 Å². The van der Waals surface area contributed by atoms with Gasteiger partial charge < -0.3 is 0 Å². The van der Waals surface area contributed by atoms with Crippen LogP contribution in [0.3, 0.4) is 0 Å². The van der Waals surface area contributed by atoms with Crippen molar-refractivity contribution in [2.75, 3.05) is 0 Å². The lowest BCUT2D eigenvalue weighted by molar-refractivity contribution is 0.590. The molecule has 2 aromatic rings. The second-order valence-electron chi connectivity index (χ2n) is 7.05. The predicted octanol–water partition coefficient (Wildman–Crippen LogP) is 6.24. The fourth-order valence-corrected chi connectivity index (χ4v) is 3.40. The van der Waals surface area contributed by atoms with E-state index in [1.807, 2.05) is 0 Å². The molecule has 0 saturated carbocycles. The summed E-state index contributed by atoms with van der Waals surface area (Å²) < 4.78 is 0. The number of halogens is 1. The molecule has 0 N–H and O–H groups in total. The number of hydrogen-bond donors (Lipinski definition) is 0. The lowest BCUT2D eigenvalue weighted by Gasteiger charge is -2.21. The number of aryl methyl sites for hydroxylation is 3. The van der Waals surface area contributed by atoms with Crippen molar-refractivity contribution in [2.45, 2.75) is 52.3 Å². The Morgan fingerprint density at radius 1 is 0.857 bits per heavy atom. The molecule has 1 heteroatoms. The smallest absolute Gasteiger partial charge is 0.0840 e. The third kappa shape index (κ3) is 3.49. The average molecular weight is 301 g/mol. The largest absolute Gasteiger partial charge is 0.113 e. The van der Waals surface area contributed by atoms with Crippen LogP contribution in [0.5, 0.6) is 0 Å². The molecule has 0 fully saturated rings. The van der Waals surface area contributed by atoms with Crippen molar-refractivity contribution in [3.63, 3.8) is 0 Å². The van der Waals surface area contributed by atoms with E-state index in [0.717, 1.165) is 0 Å². The molecule has 0 spiro atoms. The van der Waals surface area contributed by atoms with E-state index >= 15 is 0 Å². The van der Waals surface area contributed by atoms with Gasteiger partial charge in [-0.05, 0) is 54.0 Å². The Morgan fingerprint density at radius 3 is 1.76 bits per heavy atom. The molecule has 0 heterocycles. The van der Waals surface area contributed by atoms with Gasteiger partial charge in [-0.25, -0.2) is 0 Å². The molecule has 0 saturated heterocycles. The SMILES string of the molecule is Cc1cc(C)c(C(Cl)c2ccc(C(C)(C)C)cc2)c(C)c1. The maximum atomic E-state index is 6.76. The predicted molar refractivity (Wildman–Crippen MR) is 93.5 cm³/mol. The highest BCUT2D eigenvalue weighted by Gasteiger charge is 2.18. The van der Waals surface area contributed by atoms with Crippen LogP contribution in [0.2, 0.25) is 0 Å². The van der Waals surface area contributed by atoms with Crippen LogP contribution in [0.1, 0.15) is 59.5 Å².